The summed E-state index contributed by atoms with van der Waals surface area (Å²) in [5.74, 6) is 1.26. The zero-order valence-electron chi connectivity index (χ0n) is 15.3. The van der Waals surface area contributed by atoms with Gasteiger partial charge in [-0.25, -0.2) is 5.43 Å². The Morgan fingerprint density at radius 3 is 2.63 bits per heavy atom. The van der Waals surface area contributed by atoms with Crippen LogP contribution in [0.1, 0.15) is 31.4 Å². The van der Waals surface area contributed by atoms with Crippen LogP contribution in [-0.4, -0.2) is 25.3 Å². The number of nitrogens with zero attached hydrogens (tertiary/aromatic N) is 1. The van der Waals surface area contributed by atoms with Gasteiger partial charge in [-0.3, -0.25) is 4.79 Å². The maximum atomic E-state index is 12.0. The Kier molecular flexibility index (Phi) is 9.06. The quantitative estimate of drug-likeness (QED) is 0.276. The van der Waals surface area contributed by atoms with Gasteiger partial charge in [0.15, 0.2) is 11.5 Å². The third-order valence-corrected chi connectivity index (χ3v) is 4.79. The number of nitrogens with one attached hydrogen (secondary N) is 1. The molecule has 144 valence electrons. The molecule has 2 rings (SSSR count). The summed E-state index contributed by atoms with van der Waals surface area (Å²) in [6.07, 6.45) is 2.80. The number of ether oxygens (including phenoxy) is 2. The van der Waals surface area contributed by atoms with Gasteiger partial charge in [-0.15, -0.1) is 0 Å². The van der Waals surface area contributed by atoms with Crippen LogP contribution in [0.15, 0.2) is 46.0 Å². The highest BCUT2D eigenvalue weighted by molar-refractivity contribution is 14.1. The molecule has 27 heavy (non-hydrogen) atoms. The number of hydrogen-bond acceptors (Lipinski definition) is 4. The second-order valence-electron chi connectivity index (χ2n) is 5.71. The van der Waals surface area contributed by atoms with E-state index in [0.29, 0.717) is 19.0 Å². The molecule has 0 fully saturated rings. The normalized spacial score (nSPS) is 10.8. The lowest BCUT2D eigenvalue weighted by molar-refractivity contribution is -0.120. The number of carbonyl (C=O) groups excluding carboxylic acids is 1. The van der Waals surface area contributed by atoms with Crippen LogP contribution in [-0.2, 0) is 11.2 Å². The third kappa shape index (κ3) is 7.14. The number of rotatable bonds is 9. The molecule has 5 nitrogen and oxygen atoms in total. The van der Waals surface area contributed by atoms with Crippen molar-refractivity contribution < 1.29 is 14.3 Å². The fourth-order valence-electron chi connectivity index (χ4n) is 2.28. The van der Waals surface area contributed by atoms with Crippen LogP contribution in [0.5, 0.6) is 11.5 Å². The highest BCUT2D eigenvalue weighted by Crippen LogP contribution is 2.34. The van der Waals surface area contributed by atoms with Crippen LogP contribution in [0.3, 0.4) is 0 Å². The molecule has 0 saturated carbocycles. The van der Waals surface area contributed by atoms with E-state index in [1.807, 2.05) is 43.3 Å². The van der Waals surface area contributed by atoms with Gasteiger partial charge in [0.25, 0.3) is 0 Å². The van der Waals surface area contributed by atoms with Gasteiger partial charge in [0, 0.05) is 4.47 Å². The Labute approximate surface area is 181 Å². The Hall–Kier alpha value is -1.61. The molecule has 0 heterocycles. The molecule has 7 heteroatoms. The highest BCUT2D eigenvalue weighted by Gasteiger charge is 2.11. The lowest BCUT2D eigenvalue weighted by Crippen LogP contribution is -2.19. The summed E-state index contributed by atoms with van der Waals surface area (Å²) < 4.78 is 13.4. The average Bonchev–Trinajstić information content (AvgIpc) is 2.63. The van der Waals surface area contributed by atoms with Gasteiger partial charge in [-0.05, 0) is 71.3 Å². The predicted molar refractivity (Wildman–Crippen MR) is 120 cm³/mol. The molecular weight excluding hydrogens is 523 g/mol. The van der Waals surface area contributed by atoms with Gasteiger partial charge < -0.3 is 9.47 Å². The summed E-state index contributed by atoms with van der Waals surface area (Å²) in [7, 11) is 0. The monoisotopic (exact) mass is 544 g/mol. The minimum absolute atomic E-state index is 0.170. The van der Waals surface area contributed by atoms with Crippen molar-refractivity contribution in [1.82, 2.24) is 5.43 Å². The SMILES string of the molecule is CCCOc1c(I)cc(/C=N/NC(=O)Cc2ccc(Br)cc2)cc1OCC. The zero-order chi connectivity index (χ0) is 19.6. The standard InChI is InChI=1S/C20H22BrIN2O3/c1-3-9-27-20-17(22)10-15(11-18(20)26-4-2)13-23-24-19(25)12-14-5-7-16(21)8-6-14/h5-8,10-11,13H,3-4,9,12H2,1-2H3,(H,24,25)/b23-13+. The minimum atomic E-state index is -0.170. The summed E-state index contributed by atoms with van der Waals surface area (Å²) in [5, 5.41) is 4.06. The lowest BCUT2D eigenvalue weighted by Gasteiger charge is -2.14. The molecule has 0 aliphatic rings. The van der Waals surface area contributed by atoms with Crippen LogP contribution in [0, 0.1) is 3.57 Å². The van der Waals surface area contributed by atoms with Crippen LogP contribution in [0.4, 0.5) is 0 Å². The molecular formula is C20H22BrIN2O3. The summed E-state index contributed by atoms with van der Waals surface area (Å²) in [4.78, 5) is 12.0. The van der Waals surface area contributed by atoms with E-state index < -0.39 is 0 Å². The van der Waals surface area contributed by atoms with Crippen molar-refractivity contribution >= 4 is 50.6 Å². The zero-order valence-corrected chi connectivity index (χ0v) is 19.0. The highest BCUT2D eigenvalue weighted by atomic mass is 127. The Morgan fingerprint density at radius 1 is 1.22 bits per heavy atom. The second-order valence-corrected chi connectivity index (χ2v) is 7.79. The maximum absolute atomic E-state index is 12.0. The largest absolute Gasteiger partial charge is 0.490 e. The van der Waals surface area contributed by atoms with Gasteiger partial charge in [-0.1, -0.05) is 35.0 Å². The number of hydrogen-bond donors (Lipinski definition) is 1. The van der Waals surface area contributed by atoms with Gasteiger partial charge in [-0.2, -0.15) is 5.10 Å². The van der Waals surface area contributed by atoms with Gasteiger partial charge in [0.05, 0.1) is 29.4 Å². The molecule has 1 N–H and O–H groups in total. The van der Waals surface area contributed by atoms with Crippen LogP contribution < -0.4 is 14.9 Å². The fourth-order valence-corrected chi connectivity index (χ4v) is 3.32. The topological polar surface area (TPSA) is 59.9 Å². The number of amides is 1. The molecule has 0 aliphatic carbocycles. The van der Waals surface area contributed by atoms with E-state index in [1.165, 1.54) is 0 Å². The molecule has 0 bridgehead atoms. The Balaban J connectivity index is 2.02. The molecule has 0 atom stereocenters. The van der Waals surface area contributed by atoms with E-state index >= 15 is 0 Å². The van der Waals surface area contributed by atoms with Gasteiger partial charge in [0.2, 0.25) is 5.91 Å². The first-order valence-corrected chi connectivity index (χ1v) is 10.6. The molecule has 0 unspecified atom stereocenters. The first-order chi connectivity index (χ1) is 13.0. The fraction of sp³-hybridized carbons (Fsp3) is 0.300. The van der Waals surface area contributed by atoms with E-state index in [2.05, 4.69) is 56.0 Å². The molecule has 1 amide bonds. The van der Waals surface area contributed by atoms with Crippen LogP contribution >= 0.6 is 38.5 Å². The first-order valence-electron chi connectivity index (χ1n) is 8.69. The molecule has 0 radical (unpaired) electrons. The van der Waals surface area contributed by atoms with Crippen molar-refractivity contribution in [3.63, 3.8) is 0 Å². The van der Waals surface area contributed by atoms with Crippen molar-refractivity contribution in [3.05, 3.63) is 55.6 Å². The van der Waals surface area contributed by atoms with Crippen molar-refractivity contribution in [2.45, 2.75) is 26.7 Å². The minimum Gasteiger partial charge on any atom is -0.490 e. The van der Waals surface area contributed by atoms with Crippen LogP contribution in [0.25, 0.3) is 0 Å². The number of carbonyl (C=O) groups is 1. The number of hydrazone groups is 1. The molecule has 0 spiro atoms. The van der Waals surface area contributed by atoms with E-state index in [9.17, 15) is 4.79 Å². The number of benzene rings is 2. The Morgan fingerprint density at radius 2 is 1.96 bits per heavy atom. The van der Waals surface area contributed by atoms with E-state index in [1.54, 1.807) is 6.21 Å². The smallest absolute Gasteiger partial charge is 0.244 e. The van der Waals surface area contributed by atoms with Crippen molar-refractivity contribution in [2.75, 3.05) is 13.2 Å². The summed E-state index contributed by atoms with van der Waals surface area (Å²) in [5.41, 5.74) is 4.31. The third-order valence-electron chi connectivity index (χ3n) is 3.46. The lowest BCUT2D eigenvalue weighted by atomic mass is 10.1. The van der Waals surface area contributed by atoms with Gasteiger partial charge in [0.1, 0.15) is 0 Å². The summed E-state index contributed by atoms with van der Waals surface area (Å²) >= 11 is 5.59. The second kappa shape index (κ2) is 11.3. The molecule has 0 saturated heterocycles. The summed E-state index contributed by atoms with van der Waals surface area (Å²) in [6.45, 7) is 5.17. The van der Waals surface area contributed by atoms with E-state index in [-0.39, 0.29) is 12.3 Å². The average molecular weight is 545 g/mol. The van der Waals surface area contributed by atoms with E-state index in [4.69, 9.17) is 9.47 Å². The maximum Gasteiger partial charge on any atom is 0.244 e. The molecule has 2 aromatic rings. The van der Waals surface area contributed by atoms with Gasteiger partial charge >= 0.3 is 0 Å². The van der Waals surface area contributed by atoms with Crippen molar-refractivity contribution in [1.29, 1.82) is 0 Å². The van der Waals surface area contributed by atoms with E-state index in [0.717, 1.165) is 31.3 Å². The number of halogens is 2. The van der Waals surface area contributed by atoms with Crippen molar-refractivity contribution in [2.24, 2.45) is 5.10 Å². The molecule has 2 aromatic carbocycles. The molecule has 0 aliphatic heterocycles. The summed E-state index contributed by atoms with van der Waals surface area (Å²) in [6, 6.07) is 11.4. The Bertz CT molecular complexity index is 795. The van der Waals surface area contributed by atoms with Crippen molar-refractivity contribution in [3.8, 4) is 11.5 Å². The van der Waals surface area contributed by atoms with Crippen LogP contribution in [0.2, 0.25) is 0 Å². The molecule has 0 aromatic heterocycles. The first kappa shape index (κ1) is 21.7. The predicted octanol–water partition coefficient (Wildman–Crippen LogP) is 4.93.